The predicted octanol–water partition coefficient (Wildman–Crippen LogP) is 3.82. The molecule has 0 unspecified atom stereocenters. The van der Waals surface area contributed by atoms with E-state index in [9.17, 15) is 0 Å². The number of rotatable bonds is 7. The fraction of sp³-hybridized carbons (Fsp3) is 0.500. The van der Waals surface area contributed by atoms with Crippen LogP contribution in [0.5, 0.6) is 0 Å². The minimum atomic E-state index is 0.288. The molecule has 2 aromatic rings. The first-order valence-electron chi connectivity index (χ1n) is 7.44. The van der Waals surface area contributed by atoms with Crippen LogP contribution in [-0.4, -0.2) is 41.0 Å². The zero-order valence-electron chi connectivity index (χ0n) is 12.9. The molecule has 0 spiro atoms. The van der Waals surface area contributed by atoms with Crippen LogP contribution in [0.15, 0.2) is 24.3 Å². The number of hydrogen-bond acceptors (Lipinski definition) is 4. The molecule has 1 heterocycles. The first-order valence-corrected chi connectivity index (χ1v) is 7.82. The zero-order chi connectivity index (χ0) is 15.2. The normalized spacial score (nSPS) is 11.5. The van der Waals surface area contributed by atoms with Gasteiger partial charge in [-0.3, -0.25) is 0 Å². The van der Waals surface area contributed by atoms with Gasteiger partial charge in [0.15, 0.2) is 0 Å². The number of nitrogens with one attached hydrogen (secondary N) is 1. The standard InChI is InChI=1S/C16H23ClN4/c1-12(2)21(3)11-7-6-10-18-15-13-8-4-5-9-14(13)19-16(17)20-15/h4-5,8-9,12H,6-7,10-11H2,1-3H3,(H,18,19,20). The summed E-state index contributed by atoms with van der Waals surface area (Å²) in [6.07, 6.45) is 2.27. The molecule has 1 aromatic carbocycles. The molecule has 114 valence electrons. The van der Waals surface area contributed by atoms with Crippen molar-refractivity contribution in [3.05, 3.63) is 29.5 Å². The lowest BCUT2D eigenvalue weighted by atomic mass is 10.2. The third kappa shape index (κ3) is 4.55. The molecule has 0 amide bonds. The van der Waals surface area contributed by atoms with Gasteiger partial charge in [0.1, 0.15) is 5.82 Å². The van der Waals surface area contributed by atoms with E-state index in [-0.39, 0.29) is 5.28 Å². The van der Waals surface area contributed by atoms with Crippen molar-refractivity contribution in [2.75, 3.05) is 25.5 Å². The summed E-state index contributed by atoms with van der Waals surface area (Å²) in [5, 5.41) is 4.68. The Labute approximate surface area is 131 Å². The predicted molar refractivity (Wildman–Crippen MR) is 90.0 cm³/mol. The number of nitrogens with zero attached hydrogens (tertiary/aromatic N) is 3. The first kappa shape index (κ1) is 16.0. The topological polar surface area (TPSA) is 41.0 Å². The van der Waals surface area contributed by atoms with Gasteiger partial charge in [-0.15, -0.1) is 0 Å². The van der Waals surface area contributed by atoms with Crippen LogP contribution in [0.4, 0.5) is 5.82 Å². The van der Waals surface area contributed by atoms with Gasteiger partial charge in [0.05, 0.1) is 5.52 Å². The Bertz CT molecular complexity index is 585. The monoisotopic (exact) mass is 306 g/mol. The summed E-state index contributed by atoms with van der Waals surface area (Å²) in [5.41, 5.74) is 0.875. The molecule has 5 heteroatoms. The van der Waals surface area contributed by atoms with Crippen molar-refractivity contribution in [1.82, 2.24) is 14.9 Å². The lowest BCUT2D eigenvalue weighted by Crippen LogP contribution is -2.27. The van der Waals surface area contributed by atoms with Crippen LogP contribution in [-0.2, 0) is 0 Å². The number of para-hydroxylation sites is 1. The summed E-state index contributed by atoms with van der Waals surface area (Å²) in [6, 6.07) is 8.51. The van der Waals surface area contributed by atoms with E-state index in [0.29, 0.717) is 6.04 Å². The smallest absolute Gasteiger partial charge is 0.224 e. The van der Waals surface area contributed by atoms with Crippen molar-refractivity contribution in [1.29, 1.82) is 0 Å². The van der Waals surface area contributed by atoms with Crippen LogP contribution in [0.3, 0.4) is 0 Å². The number of halogens is 1. The number of hydrogen-bond donors (Lipinski definition) is 1. The van der Waals surface area contributed by atoms with Gasteiger partial charge in [0.2, 0.25) is 5.28 Å². The van der Waals surface area contributed by atoms with Crippen molar-refractivity contribution in [2.45, 2.75) is 32.7 Å². The molecule has 0 atom stereocenters. The lowest BCUT2D eigenvalue weighted by Gasteiger charge is -2.20. The average Bonchev–Trinajstić information content (AvgIpc) is 2.46. The summed E-state index contributed by atoms with van der Waals surface area (Å²) in [4.78, 5) is 10.9. The second kappa shape index (κ2) is 7.57. The second-order valence-electron chi connectivity index (χ2n) is 5.57. The minimum Gasteiger partial charge on any atom is -0.369 e. The van der Waals surface area contributed by atoms with Crippen molar-refractivity contribution in [2.24, 2.45) is 0 Å². The average molecular weight is 307 g/mol. The van der Waals surface area contributed by atoms with Crippen LogP contribution >= 0.6 is 11.6 Å². The highest BCUT2D eigenvalue weighted by Crippen LogP contribution is 2.21. The first-order chi connectivity index (χ1) is 10.1. The highest BCUT2D eigenvalue weighted by atomic mass is 35.5. The van der Waals surface area contributed by atoms with E-state index in [0.717, 1.165) is 36.2 Å². The van der Waals surface area contributed by atoms with Crippen molar-refractivity contribution < 1.29 is 0 Å². The Morgan fingerprint density at radius 1 is 1.19 bits per heavy atom. The molecule has 0 fully saturated rings. The largest absolute Gasteiger partial charge is 0.369 e. The summed E-state index contributed by atoms with van der Waals surface area (Å²) in [5.74, 6) is 0.822. The third-order valence-corrected chi connectivity index (χ3v) is 3.86. The van der Waals surface area contributed by atoms with Crippen molar-refractivity contribution >= 4 is 28.3 Å². The van der Waals surface area contributed by atoms with Crippen LogP contribution in [0, 0.1) is 0 Å². The molecule has 1 aromatic heterocycles. The van der Waals surface area contributed by atoms with Gasteiger partial charge < -0.3 is 10.2 Å². The number of aromatic nitrogens is 2. The molecule has 0 aliphatic heterocycles. The maximum absolute atomic E-state index is 5.97. The minimum absolute atomic E-state index is 0.288. The molecule has 21 heavy (non-hydrogen) atoms. The fourth-order valence-corrected chi connectivity index (χ4v) is 2.31. The SMILES string of the molecule is CC(C)N(C)CCCCNc1nc(Cl)nc2ccccc12. The number of unbranched alkanes of at least 4 members (excludes halogenated alkanes) is 1. The van der Waals surface area contributed by atoms with Crippen molar-refractivity contribution in [3.8, 4) is 0 Å². The third-order valence-electron chi connectivity index (χ3n) is 3.69. The van der Waals surface area contributed by atoms with E-state index in [1.807, 2.05) is 24.3 Å². The van der Waals surface area contributed by atoms with Gasteiger partial charge in [0.25, 0.3) is 0 Å². The summed E-state index contributed by atoms with van der Waals surface area (Å²) in [7, 11) is 2.16. The van der Waals surface area contributed by atoms with Gasteiger partial charge >= 0.3 is 0 Å². The molecule has 0 bridgehead atoms. The van der Waals surface area contributed by atoms with E-state index < -0.39 is 0 Å². The Kier molecular flexibility index (Phi) is 5.76. The highest BCUT2D eigenvalue weighted by Gasteiger charge is 2.06. The maximum atomic E-state index is 5.97. The van der Waals surface area contributed by atoms with Crippen LogP contribution in [0.1, 0.15) is 26.7 Å². The Hall–Kier alpha value is -1.39. The van der Waals surface area contributed by atoms with E-state index in [1.165, 1.54) is 6.42 Å². The molecular weight excluding hydrogens is 284 g/mol. The van der Waals surface area contributed by atoms with Crippen LogP contribution < -0.4 is 5.32 Å². The number of benzene rings is 1. The van der Waals surface area contributed by atoms with Gasteiger partial charge in [-0.1, -0.05) is 12.1 Å². The van der Waals surface area contributed by atoms with Crippen molar-refractivity contribution in [3.63, 3.8) is 0 Å². The lowest BCUT2D eigenvalue weighted by molar-refractivity contribution is 0.269. The zero-order valence-corrected chi connectivity index (χ0v) is 13.7. The van der Waals surface area contributed by atoms with Gasteiger partial charge in [-0.05, 0) is 64.0 Å². The molecule has 1 N–H and O–H groups in total. The molecule has 0 radical (unpaired) electrons. The fourth-order valence-electron chi connectivity index (χ4n) is 2.13. The highest BCUT2D eigenvalue weighted by molar-refractivity contribution is 6.28. The number of anilines is 1. The maximum Gasteiger partial charge on any atom is 0.224 e. The molecule has 0 saturated carbocycles. The quantitative estimate of drug-likeness (QED) is 0.624. The van der Waals surface area contributed by atoms with E-state index >= 15 is 0 Å². The van der Waals surface area contributed by atoms with Gasteiger partial charge in [-0.2, -0.15) is 0 Å². The summed E-state index contributed by atoms with van der Waals surface area (Å²) >= 11 is 5.97. The number of fused-ring (bicyclic) bond motifs is 1. The van der Waals surface area contributed by atoms with Crippen LogP contribution in [0.2, 0.25) is 5.28 Å². The van der Waals surface area contributed by atoms with Gasteiger partial charge in [0, 0.05) is 18.0 Å². The summed E-state index contributed by atoms with van der Waals surface area (Å²) in [6.45, 7) is 6.44. The van der Waals surface area contributed by atoms with Crippen LogP contribution in [0.25, 0.3) is 10.9 Å². The molecule has 0 aliphatic rings. The van der Waals surface area contributed by atoms with E-state index in [4.69, 9.17) is 11.6 Å². The molecule has 0 saturated heterocycles. The van der Waals surface area contributed by atoms with E-state index in [2.05, 4.69) is 41.1 Å². The molecule has 0 aliphatic carbocycles. The van der Waals surface area contributed by atoms with Gasteiger partial charge in [-0.25, -0.2) is 9.97 Å². The molecule has 2 rings (SSSR count). The van der Waals surface area contributed by atoms with E-state index in [1.54, 1.807) is 0 Å². The molecule has 4 nitrogen and oxygen atoms in total. The molecular formula is C16H23ClN4. The Morgan fingerprint density at radius 2 is 1.95 bits per heavy atom. The Balaban J connectivity index is 1.89. The second-order valence-corrected chi connectivity index (χ2v) is 5.90. The summed E-state index contributed by atoms with van der Waals surface area (Å²) < 4.78 is 0. The Morgan fingerprint density at radius 3 is 2.71 bits per heavy atom.